The van der Waals surface area contributed by atoms with E-state index >= 15 is 0 Å². The first-order valence-electron chi connectivity index (χ1n) is 9.66. The van der Waals surface area contributed by atoms with E-state index in [0.717, 1.165) is 24.0 Å². The number of carbonyl (C=O) groups is 1. The Bertz CT molecular complexity index is 1170. The highest BCUT2D eigenvalue weighted by Crippen LogP contribution is 2.30. The first kappa shape index (κ1) is 21.8. The smallest absolute Gasteiger partial charge is 0.252 e. The first-order valence-corrected chi connectivity index (χ1v) is 12.5. The summed E-state index contributed by atoms with van der Waals surface area (Å²) in [6, 6.07) is 13.1. The number of nitrogens with one attached hydrogen (secondary N) is 2. The van der Waals surface area contributed by atoms with E-state index in [-0.39, 0.29) is 22.3 Å². The van der Waals surface area contributed by atoms with Gasteiger partial charge in [0.15, 0.2) is 0 Å². The summed E-state index contributed by atoms with van der Waals surface area (Å²) in [6.45, 7) is 0. The van der Waals surface area contributed by atoms with Crippen molar-refractivity contribution in [3.8, 4) is 5.75 Å². The summed E-state index contributed by atoms with van der Waals surface area (Å²) in [5.74, 6) is -0.200. The molecule has 4 rings (SSSR count). The molecule has 6 nitrogen and oxygen atoms in total. The number of thiophene rings is 1. The van der Waals surface area contributed by atoms with Crippen LogP contribution in [0.5, 0.6) is 5.75 Å². The van der Waals surface area contributed by atoms with E-state index in [9.17, 15) is 13.2 Å². The van der Waals surface area contributed by atoms with Gasteiger partial charge in [-0.1, -0.05) is 23.7 Å². The third-order valence-electron chi connectivity index (χ3n) is 4.97. The van der Waals surface area contributed by atoms with Crippen molar-refractivity contribution in [1.29, 1.82) is 0 Å². The van der Waals surface area contributed by atoms with E-state index in [1.54, 1.807) is 18.2 Å². The van der Waals surface area contributed by atoms with Gasteiger partial charge in [0.25, 0.3) is 5.91 Å². The predicted molar refractivity (Wildman–Crippen MR) is 121 cm³/mol. The van der Waals surface area contributed by atoms with E-state index in [1.165, 1.54) is 30.6 Å². The zero-order chi connectivity index (χ0) is 22.0. The van der Waals surface area contributed by atoms with Crippen LogP contribution in [0.3, 0.4) is 0 Å². The lowest BCUT2D eigenvalue weighted by atomic mass is 10.0. The standard InChI is InChI=1S/C22H21ClN2O4S2/c1-29-19-9-4-15(12-20(19)31(27,28)25-18-7-8-18)22(26)24-21(16-10-11-30-13-16)14-2-5-17(23)6-3-14/h2-6,9-13,18,21,25H,7-8H2,1H3,(H,24,26)/t21-/m1/s1. The molecule has 162 valence electrons. The summed E-state index contributed by atoms with van der Waals surface area (Å²) in [4.78, 5) is 13.1. The molecule has 1 atom stereocenters. The molecule has 0 saturated heterocycles. The Morgan fingerprint density at radius 1 is 1.13 bits per heavy atom. The van der Waals surface area contributed by atoms with Crippen molar-refractivity contribution in [3.63, 3.8) is 0 Å². The monoisotopic (exact) mass is 476 g/mol. The molecule has 1 heterocycles. The van der Waals surface area contributed by atoms with Crippen molar-refractivity contribution in [1.82, 2.24) is 10.0 Å². The molecule has 1 aliphatic rings. The molecule has 0 radical (unpaired) electrons. The maximum atomic E-state index is 13.1. The summed E-state index contributed by atoms with van der Waals surface area (Å²) in [7, 11) is -2.39. The number of rotatable bonds is 8. The van der Waals surface area contributed by atoms with Crippen LogP contribution in [0, 0.1) is 0 Å². The molecule has 9 heteroatoms. The third kappa shape index (κ3) is 5.10. The molecular weight excluding hydrogens is 456 g/mol. The van der Waals surface area contributed by atoms with Crippen LogP contribution >= 0.6 is 22.9 Å². The van der Waals surface area contributed by atoms with Gasteiger partial charge in [-0.05, 0) is 71.1 Å². The highest BCUT2D eigenvalue weighted by atomic mass is 35.5. The number of carbonyl (C=O) groups excluding carboxylic acids is 1. The fourth-order valence-corrected chi connectivity index (χ4v) is 5.49. The van der Waals surface area contributed by atoms with Crippen LogP contribution in [-0.4, -0.2) is 27.5 Å². The number of hydrogen-bond acceptors (Lipinski definition) is 5. The number of sulfonamides is 1. The van der Waals surface area contributed by atoms with Gasteiger partial charge in [-0.25, -0.2) is 13.1 Å². The summed E-state index contributed by atoms with van der Waals surface area (Å²) in [5.41, 5.74) is 2.02. The Kier molecular flexibility index (Phi) is 6.34. The summed E-state index contributed by atoms with van der Waals surface area (Å²) >= 11 is 7.54. The zero-order valence-electron chi connectivity index (χ0n) is 16.7. The van der Waals surface area contributed by atoms with Crippen molar-refractivity contribution >= 4 is 38.9 Å². The number of methoxy groups -OCH3 is 1. The second-order valence-corrected chi connectivity index (χ2v) is 10.2. The summed E-state index contributed by atoms with van der Waals surface area (Å²) in [6.07, 6.45) is 1.62. The quantitative estimate of drug-likeness (QED) is 0.505. The molecule has 0 aliphatic heterocycles. The number of amides is 1. The molecule has 2 aromatic carbocycles. The van der Waals surface area contributed by atoms with Crippen LogP contribution in [0.25, 0.3) is 0 Å². The van der Waals surface area contributed by atoms with Gasteiger partial charge in [-0.3, -0.25) is 4.79 Å². The SMILES string of the molecule is COc1ccc(C(=O)N[C@H](c2ccc(Cl)cc2)c2ccsc2)cc1S(=O)(=O)NC1CC1. The number of halogens is 1. The number of ether oxygens (including phenoxy) is 1. The maximum Gasteiger partial charge on any atom is 0.252 e. The van der Waals surface area contributed by atoms with E-state index < -0.39 is 22.0 Å². The highest BCUT2D eigenvalue weighted by Gasteiger charge is 2.30. The first-order chi connectivity index (χ1) is 14.9. The summed E-state index contributed by atoms with van der Waals surface area (Å²) in [5, 5.41) is 7.51. The second-order valence-electron chi connectivity index (χ2n) is 7.28. The Morgan fingerprint density at radius 3 is 2.48 bits per heavy atom. The minimum Gasteiger partial charge on any atom is -0.495 e. The van der Waals surface area contributed by atoms with Gasteiger partial charge in [-0.15, -0.1) is 0 Å². The van der Waals surface area contributed by atoms with Gasteiger partial charge in [0, 0.05) is 16.6 Å². The van der Waals surface area contributed by atoms with Gasteiger partial charge >= 0.3 is 0 Å². The molecule has 3 aromatic rings. The van der Waals surface area contributed by atoms with Crippen LogP contribution in [0.1, 0.15) is 40.4 Å². The van der Waals surface area contributed by atoms with Crippen molar-refractivity contribution in [3.05, 3.63) is 81.0 Å². The number of benzene rings is 2. The molecule has 1 saturated carbocycles. The molecule has 1 amide bonds. The Hall–Kier alpha value is -2.39. The van der Waals surface area contributed by atoms with Crippen molar-refractivity contribution in [2.45, 2.75) is 29.8 Å². The van der Waals surface area contributed by atoms with Crippen molar-refractivity contribution < 1.29 is 17.9 Å². The largest absolute Gasteiger partial charge is 0.495 e. The second kappa shape index (κ2) is 9.00. The molecule has 0 spiro atoms. The predicted octanol–water partition coefficient (Wildman–Crippen LogP) is 4.37. The lowest BCUT2D eigenvalue weighted by molar-refractivity contribution is 0.0942. The average molecular weight is 477 g/mol. The minimum atomic E-state index is -3.79. The maximum absolute atomic E-state index is 13.1. The molecule has 0 bridgehead atoms. The molecular formula is C22H21ClN2O4S2. The summed E-state index contributed by atoms with van der Waals surface area (Å²) < 4.78 is 33.4. The van der Waals surface area contributed by atoms with Crippen LogP contribution in [0.2, 0.25) is 5.02 Å². The van der Waals surface area contributed by atoms with E-state index in [2.05, 4.69) is 10.0 Å². The average Bonchev–Trinajstić information content (AvgIpc) is 3.39. The van der Waals surface area contributed by atoms with Gasteiger partial charge in [0.1, 0.15) is 10.6 Å². The lowest BCUT2D eigenvalue weighted by Gasteiger charge is -2.19. The normalized spacial score (nSPS) is 14.8. The highest BCUT2D eigenvalue weighted by molar-refractivity contribution is 7.89. The number of hydrogen-bond donors (Lipinski definition) is 2. The van der Waals surface area contributed by atoms with Gasteiger partial charge in [-0.2, -0.15) is 11.3 Å². The van der Waals surface area contributed by atoms with Crippen molar-refractivity contribution in [2.24, 2.45) is 0 Å². The van der Waals surface area contributed by atoms with E-state index in [4.69, 9.17) is 16.3 Å². The molecule has 1 aromatic heterocycles. The van der Waals surface area contributed by atoms with E-state index in [0.29, 0.717) is 5.02 Å². The molecule has 1 aliphatic carbocycles. The minimum absolute atomic E-state index is 0.0480. The molecule has 2 N–H and O–H groups in total. The lowest BCUT2D eigenvalue weighted by Crippen LogP contribution is -2.30. The van der Waals surface area contributed by atoms with Crippen LogP contribution in [0.15, 0.2) is 64.2 Å². The van der Waals surface area contributed by atoms with E-state index in [1.807, 2.05) is 29.0 Å². The zero-order valence-corrected chi connectivity index (χ0v) is 19.1. The van der Waals surface area contributed by atoms with Crippen molar-refractivity contribution in [2.75, 3.05) is 7.11 Å². The topological polar surface area (TPSA) is 84.5 Å². The molecule has 0 unspecified atom stereocenters. The fourth-order valence-electron chi connectivity index (χ4n) is 3.18. The van der Waals surface area contributed by atoms with Gasteiger partial charge < -0.3 is 10.1 Å². The van der Waals surface area contributed by atoms with Crippen LogP contribution < -0.4 is 14.8 Å². The van der Waals surface area contributed by atoms with Crippen LogP contribution in [-0.2, 0) is 10.0 Å². The molecule has 1 fully saturated rings. The molecule has 31 heavy (non-hydrogen) atoms. The Balaban J connectivity index is 1.64. The third-order valence-corrected chi connectivity index (χ3v) is 7.46. The Labute approximate surface area is 190 Å². The fraction of sp³-hybridized carbons (Fsp3) is 0.227. The Morgan fingerprint density at radius 2 is 1.87 bits per heavy atom. The van der Waals surface area contributed by atoms with Gasteiger partial charge in [0.05, 0.1) is 13.2 Å². The van der Waals surface area contributed by atoms with Gasteiger partial charge in [0.2, 0.25) is 10.0 Å². The van der Waals surface area contributed by atoms with Crippen LogP contribution in [0.4, 0.5) is 0 Å².